The molecule has 0 aromatic carbocycles. The Morgan fingerprint density at radius 3 is 2.76 bits per heavy atom. The number of hydrogen-bond donors (Lipinski definition) is 1. The minimum absolute atomic E-state index is 0.528. The molecular formula is C13H15N3O. The first kappa shape index (κ1) is 11.4. The van der Waals surface area contributed by atoms with E-state index in [4.69, 9.17) is 10.5 Å². The minimum Gasteiger partial charge on any atom is -0.492 e. The Morgan fingerprint density at radius 1 is 1.24 bits per heavy atom. The third-order valence-corrected chi connectivity index (χ3v) is 2.47. The largest absolute Gasteiger partial charge is 0.492 e. The zero-order valence-electron chi connectivity index (χ0n) is 9.97. The molecule has 0 saturated heterocycles. The monoisotopic (exact) mass is 229 g/mol. The first-order valence-electron chi connectivity index (χ1n) is 5.51. The van der Waals surface area contributed by atoms with Crippen LogP contribution in [0.3, 0.4) is 0 Å². The van der Waals surface area contributed by atoms with Crippen molar-refractivity contribution >= 4 is 5.82 Å². The number of aromatic nitrogens is 2. The second-order valence-electron chi connectivity index (χ2n) is 3.77. The van der Waals surface area contributed by atoms with Crippen LogP contribution < -0.4 is 10.5 Å². The fourth-order valence-electron chi connectivity index (χ4n) is 1.69. The predicted molar refractivity (Wildman–Crippen MR) is 67.8 cm³/mol. The van der Waals surface area contributed by atoms with E-state index in [-0.39, 0.29) is 0 Å². The van der Waals surface area contributed by atoms with E-state index in [0.29, 0.717) is 12.4 Å². The van der Waals surface area contributed by atoms with Crippen LogP contribution in [0.25, 0.3) is 11.1 Å². The number of anilines is 1. The van der Waals surface area contributed by atoms with Crippen LogP contribution in [0.4, 0.5) is 5.82 Å². The molecule has 2 aromatic rings. The molecule has 0 aliphatic carbocycles. The summed E-state index contributed by atoms with van der Waals surface area (Å²) in [4.78, 5) is 8.26. The van der Waals surface area contributed by atoms with Gasteiger partial charge in [0.05, 0.1) is 12.8 Å². The number of nitrogens with zero attached hydrogens (tertiary/aromatic N) is 2. The maximum atomic E-state index is 5.63. The van der Waals surface area contributed by atoms with Gasteiger partial charge in [-0.2, -0.15) is 0 Å². The van der Waals surface area contributed by atoms with E-state index >= 15 is 0 Å². The highest BCUT2D eigenvalue weighted by Crippen LogP contribution is 2.25. The lowest BCUT2D eigenvalue weighted by molar-refractivity contribution is 0.339. The SMILES string of the molecule is CCOc1cncc(-c2cnc(N)cc2C)c1. The average Bonchev–Trinajstić information content (AvgIpc) is 2.29. The lowest BCUT2D eigenvalue weighted by atomic mass is 10.0. The van der Waals surface area contributed by atoms with Crippen molar-refractivity contribution in [1.29, 1.82) is 0 Å². The summed E-state index contributed by atoms with van der Waals surface area (Å²) in [5.41, 5.74) is 8.72. The van der Waals surface area contributed by atoms with Crippen molar-refractivity contribution in [3.05, 3.63) is 36.3 Å². The molecule has 4 heteroatoms. The standard InChI is InChI=1S/C13H15N3O/c1-3-17-11-5-10(6-15-7-11)12-8-16-13(14)4-9(12)2/h4-8H,3H2,1-2H3,(H2,14,16). The molecule has 2 heterocycles. The number of nitrogens with two attached hydrogens (primary N) is 1. The lowest BCUT2D eigenvalue weighted by Crippen LogP contribution is -1.95. The number of aryl methyl sites for hydroxylation is 1. The Hall–Kier alpha value is -2.10. The predicted octanol–water partition coefficient (Wildman–Crippen LogP) is 2.43. The molecule has 0 unspecified atom stereocenters. The van der Waals surface area contributed by atoms with E-state index in [1.165, 1.54) is 0 Å². The summed E-state index contributed by atoms with van der Waals surface area (Å²) < 4.78 is 5.42. The molecule has 17 heavy (non-hydrogen) atoms. The van der Waals surface area contributed by atoms with Crippen LogP contribution >= 0.6 is 0 Å². The van der Waals surface area contributed by atoms with Gasteiger partial charge in [0.2, 0.25) is 0 Å². The van der Waals surface area contributed by atoms with E-state index in [1.807, 2.05) is 26.0 Å². The first-order chi connectivity index (χ1) is 8.20. The highest BCUT2D eigenvalue weighted by molar-refractivity contribution is 5.67. The Bertz CT molecular complexity index is 526. The minimum atomic E-state index is 0.528. The van der Waals surface area contributed by atoms with Gasteiger partial charge in [0.25, 0.3) is 0 Å². The van der Waals surface area contributed by atoms with Crippen molar-refractivity contribution in [2.24, 2.45) is 0 Å². The summed E-state index contributed by atoms with van der Waals surface area (Å²) in [6.07, 6.45) is 5.26. The number of rotatable bonds is 3. The number of hydrogen-bond acceptors (Lipinski definition) is 4. The maximum Gasteiger partial charge on any atom is 0.138 e. The highest BCUT2D eigenvalue weighted by atomic mass is 16.5. The molecular weight excluding hydrogens is 214 g/mol. The van der Waals surface area contributed by atoms with Gasteiger partial charge in [0.1, 0.15) is 11.6 Å². The normalized spacial score (nSPS) is 10.2. The molecule has 0 bridgehead atoms. The number of nitrogen functional groups attached to an aromatic ring is 1. The van der Waals surface area contributed by atoms with Gasteiger partial charge in [-0.15, -0.1) is 0 Å². The van der Waals surface area contributed by atoms with E-state index < -0.39 is 0 Å². The summed E-state index contributed by atoms with van der Waals surface area (Å²) in [5, 5.41) is 0. The van der Waals surface area contributed by atoms with E-state index in [1.54, 1.807) is 18.6 Å². The second-order valence-corrected chi connectivity index (χ2v) is 3.77. The van der Waals surface area contributed by atoms with E-state index in [2.05, 4.69) is 9.97 Å². The van der Waals surface area contributed by atoms with Gasteiger partial charge >= 0.3 is 0 Å². The van der Waals surface area contributed by atoms with Crippen LogP contribution in [-0.2, 0) is 0 Å². The van der Waals surface area contributed by atoms with Gasteiger partial charge in [-0.3, -0.25) is 4.98 Å². The maximum absolute atomic E-state index is 5.63. The molecule has 0 atom stereocenters. The van der Waals surface area contributed by atoms with Gasteiger partial charge in [-0.1, -0.05) is 0 Å². The van der Waals surface area contributed by atoms with Crippen molar-refractivity contribution in [1.82, 2.24) is 9.97 Å². The van der Waals surface area contributed by atoms with Crippen LogP contribution in [0.5, 0.6) is 5.75 Å². The molecule has 0 aliphatic rings. The molecule has 2 aromatic heterocycles. The fourth-order valence-corrected chi connectivity index (χ4v) is 1.69. The van der Waals surface area contributed by atoms with Gasteiger partial charge < -0.3 is 10.5 Å². The highest BCUT2D eigenvalue weighted by Gasteiger charge is 2.05. The van der Waals surface area contributed by atoms with Crippen LogP contribution in [0, 0.1) is 6.92 Å². The quantitative estimate of drug-likeness (QED) is 0.878. The molecule has 4 nitrogen and oxygen atoms in total. The summed E-state index contributed by atoms with van der Waals surface area (Å²) in [6, 6.07) is 3.80. The smallest absolute Gasteiger partial charge is 0.138 e. The van der Waals surface area contributed by atoms with Crippen molar-refractivity contribution in [3.8, 4) is 16.9 Å². The molecule has 0 amide bonds. The molecule has 0 aliphatic heterocycles. The molecule has 2 rings (SSSR count). The molecule has 0 saturated carbocycles. The van der Waals surface area contributed by atoms with Crippen molar-refractivity contribution in [2.75, 3.05) is 12.3 Å². The third-order valence-electron chi connectivity index (χ3n) is 2.47. The summed E-state index contributed by atoms with van der Waals surface area (Å²) in [7, 11) is 0. The van der Waals surface area contributed by atoms with Crippen LogP contribution in [0.2, 0.25) is 0 Å². The lowest BCUT2D eigenvalue weighted by Gasteiger charge is -2.08. The van der Waals surface area contributed by atoms with Gasteiger partial charge in [0.15, 0.2) is 0 Å². The topological polar surface area (TPSA) is 61.0 Å². The van der Waals surface area contributed by atoms with E-state index in [0.717, 1.165) is 22.4 Å². The first-order valence-corrected chi connectivity index (χ1v) is 5.51. The zero-order chi connectivity index (χ0) is 12.3. The molecule has 88 valence electrons. The summed E-state index contributed by atoms with van der Waals surface area (Å²) in [6.45, 7) is 4.58. The Balaban J connectivity index is 2.42. The summed E-state index contributed by atoms with van der Waals surface area (Å²) >= 11 is 0. The number of ether oxygens (including phenoxy) is 1. The Morgan fingerprint density at radius 2 is 2.06 bits per heavy atom. The molecule has 2 N–H and O–H groups in total. The number of pyridine rings is 2. The van der Waals surface area contributed by atoms with Gasteiger partial charge in [0, 0.05) is 23.5 Å². The Labute approximate surface area is 100 Å². The average molecular weight is 229 g/mol. The molecule has 0 radical (unpaired) electrons. The molecule has 0 fully saturated rings. The van der Waals surface area contributed by atoms with E-state index in [9.17, 15) is 0 Å². The van der Waals surface area contributed by atoms with Gasteiger partial charge in [-0.25, -0.2) is 4.98 Å². The van der Waals surface area contributed by atoms with Crippen molar-refractivity contribution in [3.63, 3.8) is 0 Å². The van der Waals surface area contributed by atoms with Crippen LogP contribution in [0.1, 0.15) is 12.5 Å². The summed E-state index contributed by atoms with van der Waals surface area (Å²) in [5.74, 6) is 1.29. The van der Waals surface area contributed by atoms with Crippen molar-refractivity contribution < 1.29 is 4.74 Å². The van der Waals surface area contributed by atoms with Crippen LogP contribution in [0.15, 0.2) is 30.7 Å². The second kappa shape index (κ2) is 4.82. The molecule has 0 spiro atoms. The fraction of sp³-hybridized carbons (Fsp3) is 0.231. The van der Waals surface area contributed by atoms with Crippen molar-refractivity contribution in [2.45, 2.75) is 13.8 Å². The third kappa shape index (κ3) is 2.53. The zero-order valence-corrected chi connectivity index (χ0v) is 9.97. The van der Waals surface area contributed by atoms with Crippen LogP contribution in [-0.4, -0.2) is 16.6 Å². The van der Waals surface area contributed by atoms with Gasteiger partial charge in [-0.05, 0) is 31.5 Å². The Kier molecular flexibility index (Phi) is 3.23.